The number of hydrogen-bond acceptors (Lipinski definition) is 0. The van der Waals surface area contributed by atoms with Crippen LogP contribution in [0.5, 0.6) is 0 Å². The fourth-order valence-corrected chi connectivity index (χ4v) is 5.77. The van der Waals surface area contributed by atoms with E-state index in [0.717, 1.165) is 29.6 Å². The summed E-state index contributed by atoms with van der Waals surface area (Å²) in [6.07, 6.45) is 8.70. The third-order valence-corrected chi connectivity index (χ3v) is 6.33. The van der Waals surface area contributed by atoms with E-state index in [1.54, 1.807) is 18.4 Å². The van der Waals surface area contributed by atoms with Gasteiger partial charge in [-0.15, -0.1) is 0 Å². The molecule has 0 aromatic rings. The molecule has 4 aliphatic rings. The Balaban J connectivity index is 1.91. The molecular formula is C14H20. The van der Waals surface area contributed by atoms with Crippen molar-refractivity contribution in [2.24, 2.45) is 35.0 Å². The van der Waals surface area contributed by atoms with Crippen LogP contribution < -0.4 is 0 Å². The molecule has 0 heteroatoms. The molecule has 0 aromatic carbocycles. The lowest BCUT2D eigenvalue weighted by Gasteiger charge is -2.41. The number of allylic oxidation sites excluding steroid dienone is 2. The van der Waals surface area contributed by atoms with E-state index < -0.39 is 0 Å². The zero-order chi connectivity index (χ0) is 9.50. The van der Waals surface area contributed by atoms with Gasteiger partial charge in [-0.3, -0.25) is 0 Å². The van der Waals surface area contributed by atoms with Crippen molar-refractivity contribution in [1.82, 2.24) is 0 Å². The average Bonchev–Trinajstić information content (AvgIpc) is 2.72. The van der Waals surface area contributed by atoms with Crippen LogP contribution in [0.2, 0.25) is 0 Å². The highest BCUT2D eigenvalue weighted by Gasteiger charge is 2.64. The second-order valence-corrected chi connectivity index (χ2v) is 6.59. The minimum atomic E-state index is 0.628. The molecule has 4 aliphatic carbocycles. The molecule has 0 spiro atoms. The Kier molecular flexibility index (Phi) is 1.21. The van der Waals surface area contributed by atoms with E-state index in [0.29, 0.717) is 5.41 Å². The molecule has 0 heterocycles. The van der Waals surface area contributed by atoms with Crippen LogP contribution in [0.1, 0.15) is 39.5 Å². The van der Waals surface area contributed by atoms with Crippen molar-refractivity contribution in [2.75, 3.05) is 0 Å². The smallest absolute Gasteiger partial charge is 0.00826 e. The lowest BCUT2D eigenvalue weighted by molar-refractivity contribution is 0.148. The van der Waals surface area contributed by atoms with Crippen molar-refractivity contribution in [2.45, 2.75) is 39.5 Å². The summed E-state index contributed by atoms with van der Waals surface area (Å²) in [5.41, 5.74) is 2.36. The normalized spacial score (nSPS) is 63.3. The number of rotatable bonds is 0. The quantitative estimate of drug-likeness (QED) is 0.509. The summed E-state index contributed by atoms with van der Waals surface area (Å²) >= 11 is 0. The molecular weight excluding hydrogens is 168 g/mol. The SMILES string of the molecule is CC1=CCC2C3CC4CC1(C)C2C4C3. The zero-order valence-electron chi connectivity index (χ0n) is 9.29. The van der Waals surface area contributed by atoms with Gasteiger partial charge in [0.15, 0.2) is 0 Å². The maximum absolute atomic E-state index is 2.57. The molecule has 0 aliphatic heterocycles. The predicted octanol–water partition coefficient (Wildman–Crippen LogP) is 3.63. The molecule has 0 saturated heterocycles. The van der Waals surface area contributed by atoms with Crippen LogP contribution in [0, 0.1) is 35.0 Å². The summed E-state index contributed by atoms with van der Waals surface area (Å²) in [5.74, 6) is 5.57. The van der Waals surface area contributed by atoms with Crippen molar-refractivity contribution >= 4 is 0 Å². The fourth-order valence-electron chi connectivity index (χ4n) is 5.77. The third-order valence-electron chi connectivity index (χ3n) is 6.33. The van der Waals surface area contributed by atoms with Crippen LogP contribution in [0.4, 0.5) is 0 Å². The van der Waals surface area contributed by atoms with E-state index in [1.807, 2.05) is 0 Å². The van der Waals surface area contributed by atoms with Crippen LogP contribution in [0.15, 0.2) is 11.6 Å². The lowest BCUT2D eigenvalue weighted by Crippen LogP contribution is -2.34. The van der Waals surface area contributed by atoms with Gasteiger partial charge < -0.3 is 0 Å². The molecule has 0 amide bonds. The Morgan fingerprint density at radius 3 is 2.93 bits per heavy atom. The lowest BCUT2D eigenvalue weighted by atomic mass is 9.63. The first-order valence-electron chi connectivity index (χ1n) is 6.37. The highest BCUT2D eigenvalue weighted by Crippen LogP contribution is 2.72. The monoisotopic (exact) mass is 188 g/mol. The molecule has 2 bridgehead atoms. The number of fused-ring (bicyclic) bond motifs is 2. The molecule has 76 valence electrons. The highest BCUT2D eigenvalue weighted by atomic mass is 14.7. The van der Waals surface area contributed by atoms with Gasteiger partial charge in [-0.2, -0.15) is 0 Å². The van der Waals surface area contributed by atoms with Gasteiger partial charge in [-0.25, -0.2) is 0 Å². The molecule has 14 heavy (non-hydrogen) atoms. The summed E-state index contributed by atoms with van der Waals surface area (Å²) in [6, 6.07) is 0. The van der Waals surface area contributed by atoms with Crippen molar-refractivity contribution in [1.29, 1.82) is 0 Å². The van der Waals surface area contributed by atoms with Crippen molar-refractivity contribution in [3.8, 4) is 0 Å². The molecule has 6 atom stereocenters. The van der Waals surface area contributed by atoms with Crippen LogP contribution in [0.3, 0.4) is 0 Å². The van der Waals surface area contributed by atoms with Gasteiger partial charge >= 0.3 is 0 Å². The molecule has 4 rings (SSSR count). The van der Waals surface area contributed by atoms with E-state index in [-0.39, 0.29) is 0 Å². The minimum absolute atomic E-state index is 0.628. The first-order chi connectivity index (χ1) is 6.70. The molecule has 0 radical (unpaired) electrons. The molecule has 6 unspecified atom stereocenters. The van der Waals surface area contributed by atoms with Crippen LogP contribution >= 0.6 is 0 Å². The van der Waals surface area contributed by atoms with Gasteiger partial charge in [0.2, 0.25) is 0 Å². The van der Waals surface area contributed by atoms with Gasteiger partial charge in [0.05, 0.1) is 0 Å². The molecule has 0 aromatic heterocycles. The molecule has 0 nitrogen and oxygen atoms in total. The largest absolute Gasteiger partial charge is 0.0848 e. The van der Waals surface area contributed by atoms with E-state index in [9.17, 15) is 0 Å². The summed E-state index contributed by atoms with van der Waals surface area (Å²) in [5, 5.41) is 0. The van der Waals surface area contributed by atoms with Crippen LogP contribution in [0.25, 0.3) is 0 Å². The van der Waals surface area contributed by atoms with E-state index in [4.69, 9.17) is 0 Å². The Morgan fingerprint density at radius 1 is 1.21 bits per heavy atom. The van der Waals surface area contributed by atoms with Gasteiger partial charge in [0.1, 0.15) is 0 Å². The standard InChI is InChI=1S/C14H20/c1-8-3-4-11-9-5-10-7-14(8,2)13(11)12(10)6-9/h3,9-13H,4-7H2,1-2H3. The van der Waals surface area contributed by atoms with E-state index >= 15 is 0 Å². The topological polar surface area (TPSA) is 0 Å². The number of hydrogen-bond donors (Lipinski definition) is 0. The zero-order valence-corrected chi connectivity index (χ0v) is 9.29. The third kappa shape index (κ3) is 0.647. The predicted molar refractivity (Wildman–Crippen MR) is 57.8 cm³/mol. The van der Waals surface area contributed by atoms with Crippen molar-refractivity contribution in [3.05, 3.63) is 11.6 Å². The second-order valence-electron chi connectivity index (χ2n) is 6.59. The van der Waals surface area contributed by atoms with Gasteiger partial charge in [0, 0.05) is 0 Å². The summed E-state index contributed by atoms with van der Waals surface area (Å²) in [6.45, 7) is 4.96. The average molecular weight is 188 g/mol. The Bertz CT molecular complexity index is 325. The molecule has 3 saturated carbocycles. The van der Waals surface area contributed by atoms with Gasteiger partial charge in [0.25, 0.3) is 0 Å². The van der Waals surface area contributed by atoms with E-state index in [1.165, 1.54) is 12.8 Å². The fraction of sp³-hybridized carbons (Fsp3) is 0.857. The Labute approximate surface area is 86.8 Å². The van der Waals surface area contributed by atoms with Crippen molar-refractivity contribution < 1.29 is 0 Å². The first-order valence-corrected chi connectivity index (χ1v) is 6.37. The Morgan fingerprint density at radius 2 is 2.07 bits per heavy atom. The van der Waals surface area contributed by atoms with Gasteiger partial charge in [-0.05, 0) is 67.6 Å². The maximum Gasteiger partial charge on any atom is -0.00826 e. The Hall–Kier alpha value is -0.260. The minimum Gasteiger partial charge on any atom is -0.0848 e. The summed E-state index contributed by atoms with van der Waals surface area (Å²) in [4.78, 5) is 0. The summed E-state index contributed by atoms with van der Waals surface area (Å²) in [7, 11) is 0. The highest BCUT2D eigenvalue weighted by molar-refractivity contribution is 5.27. The van der Waals surface area contributed by atoms with Crippen molar-refractivity contribution in [3.63, 3.8) is 0 Å². The summed E-state index contributed by atoms with van der Waals surface area (Å²) < 4.78 is 0. The second kappa shape index (κ2) is 2.13. The van der Waals surface area contributed by atoms with Crippen LogP contribution in [-0.2, 0) is 0 Å². The first kappa shape index (κ1) is 7.96. The maximum atomic E-state index is 2.57. The van der Waals surface area contributed by atoms with Crippen LogP contribution in [-0.4, -0.2) is 0 Å². The van der Waals surface area contributed by atoms with Gasteiger partial charge in [-0.1, -0.05) is 18.6 Å². The molecule has 0 N–H and O–H groups in total. The van der Waals surface area contributed by atoms with E-state index in [2.05, 4.69) is 19.9 Å². The molecule has 3 fully saturated rings.